The zero-order valence-electron chi connectivity index (χ0n) is 10.4. The first-order chi connectivity index (χ1) is 9.29. The van der Waals surface area contributed by atoms with E-state index in [2.05, 4.69) is 23.2 Å². The Balaban J connectivity index is 1.85. The van der Waals surface area contributed by atoms with E-state index in [4.69, 9.17) is 0 Å². The maximum absolute atomic E-state index is 13.2. The summed E-state index contributed by atoms with van der Waals surface area (Å²) in [6, 6.07) is 9.67. The summed E-state index contributed by atoms with van der Waals surface area (Å²) in [4.78, 5) is 4.55. The number of hydrogen-bond acceptors (Lipinski definition) is 1. The zero-order chi connectivity index (χ0) is 12.8. The molecule has 1 aromatic carbocycles. The second kappa shape index (κ2) is 3.92. The number of pyridine rings is 1. The number of aryl methyl sites for hydroxylation is 2. The predicted molar refractivity (Wildman–Crippen MR) is 72.6 cm³/mol. The van der Waals surface area contributed by atoms with Gasteiger partial charge >= 0.3 is 0 Å². The van der Waals surface area contributed by atoms with Crippen molar-refractivity contribution in [2.75, 3.05) is 0 Å². The normalized spacial score (nSPS) is 13.9. The molecular weight excluding hydrogens is 239 g/mol. The summed E-state index contributed by atoms with van der Waals surface area (Å²) < 4.78 is 14.9. The largest absolute Gasteiger partial charge is 0.304 e. The molecule has 0 saturated heterocycles. The van der Waals surface area contributed by atoms with Gasteiger partial charge in [0.1, 0.15) is 11.5 Å². The third-order valence-electron chi connectivity index (χ3n) is 3.81. The molecule has 3 aromatic rings. The maximum atomic E-state index is 13.2. The van der Waals surface area contributed by atoms with Gasteiger partial charge in [-0.25, -0.2) is 9.37 Å². The fourth-order valence-electron chi connectivity index (χ4n) is 2.83. The highest BCUT2D eigenvalue weighted by Crippen LogP contribution is 2.27. The van der Waals surface area contributed by atoms with Gasteiger partial charge in [0.05, 0.1) is 5.69 Å². The van der Waals surface area contributed by atoms with E-state index in [0.29, 0.717) is 0 Å². The van der Waals surface area contributed by atoms with Crippen molar-refractivity contribution in [3.05, 3.63) is 59.7 Å². The molecule has 2 aromatic heterocycles. The first-order valence-corrected chi connectivity index (χ1v) is 6.56. The fourth-order valence-corrected chi connectivity index (χ4v) is 2.83. The van der Waals surface area contributed by atoms with E-state index in [1.165, 1.54) is 36.2 Å². The number of aromatic nitrogens is 2. The lowest BCUT2D eigenvalue weighted by atomic mass is 10.1. The number of fused-ring (bicyclic) bond motifs is 2. The van der Waals surface area contributed by atoms with Crippen LogP contribution in [0.1, 0.15) is 17.5 Å². The number of rotatable bonds is 1. The average Bonchev–Trinajstić information content (AvgIpc) is 3.02. The van der Waals surface area contributed by atoms with Gasteiger partial charge in [0.25, 0.3) is 0 Å². The van der Waals surface area contributed by atoms with Crippen LogP contribution in [0.2, 0.25) is 0 Å². The van der Waals surface area contributed by atoms with Gasteiger partial charge in [-0.3, -0.25) is 0 Å². The molecule has 0 amide bonds. The monoisotopic (exact) mass is 252 g/mol. The van der Waals surface area contributed by atoms with E-state index < -0.39 is 0 Å². The molecule has 0 fully saturated rings. The SMILES string of the molecule is Fc1ccc2nc(-c3ccc4c(c3)CCC4)cn2c1. The molecule has 0 atom stereocenters. The molecule has 94 valence electrons. The molecule has 0 radical (unpaired) electrons. The third-order valence-corrected chi connectivity index (χ3v) is 3.81. The third kappa shape index (κ3) is 1.73. The second-order valence-electron chi connectivity index (χ2n) is 5.08. The van der Waals surface area contributed by atoms with Crippen LogP contribution < -0.4 is 0 Å². The van der Waals surface area contributed by atoms with Gasteiger partial charge in [0, 0.05) is 18.0 Å². The van der Waals surface area contributed by atoms with Crippen LogP contribution in [0, 0.1) is 5.82 Å². The van der Waals surface area contributed by atoms with E-state index >= 15 is 0 Å². The second-order valence-corrected chi connectivity index (χ2v) is 5.08. The van der Waals surface area contributed by atoms with E-state index in [0.717, 1.165) is 23.3 Å². The Bertz CT molecular complexity index is 774. The summed E-state index contributed by atoms with van der Waals surface area (Å²) in [6.07, 6.45) is 6.93. The summed E-state index contributed by atoms with van der Waals surface area (Å²) in [7, 11) is 0. The number of hydrogen-bond donors (Lipinski definition) is 0. The van der Waals surface area contributed by atoms with Crippen LogP contribution in [0.3, 0.4) is 0 Å². The lowest BCUT2D eigenvalue weighted by Crippen LogP contribution is -1.84. The van der Waals surface area contributed by atoms with Gasteiger partial charge in [-0.2, -0.15) is 0 Å². The van der Waals surface area contributed by atoms with Crippen LogP contribution in [0.15, 0.2) is 42.7 Å². The molecule has 1 aliphatic rings. The topological polar surface area (TPSA) is 17.3 Å². The zero-order valence-corrected chi connectivity index (χ0v) is 10.4. The number of benzene rings is 1. The van der Waals surface area contributed by atoms with Gasteiger partial charge in [-0.15, -0.1) is 0 Å². The van der Waals surface area contributed by atoms with Crippen LogP contribution in [0.5, 0.6) is 0 Å². The van der Waals surface area contributed by atoms with E-state index in [1.807, 2.05) is 6.20 Å². The van der Waals surface area contributed by atoms with Gasteiger partial charge < -0.3 is 4.40 Å². The van der Waals surface area contributed by atoms with Gasteiger partial charge in [-0.1, -0.05) is 12.1 Å². The van der Waals surface area contributed by atoms with Crippen LogP contribution in [-0.2, 0) is 12.8 Å². The number of imidazole rings is 1. The van der Waals surface area contributed by atoms with Crippen molar-refractivity contribution in [3.63, 3.8) is 0 Å². The first kappa shape index (κ1) is 10.7. The molecule has 4 rings (SSSR count). The molecule has 19 heavy (non-hydrogen) atoms. The summed E-state index contributed by atoms with van der Waals surface area (Å²) in [5, 5.41) is 0. The minimum Gasteiger partial charge on any atom is -0.304 e. The van der Waals surface area contributed by atoms with E-state index in [-0.39, 0.29) is 5.82 Å². The van der Waals surface area contributed by atoms with Gasteiger partial charge in [0.15, 0.2) is 0 Å². The number of nitrogens with zero attached hydrogens (tertiary/aromatic N) is 2. The van der Waals surface area contributed by atoms with Crippen molar-refractivity contribution >= 4 is 5.65 Å². The van der Waals surface area contributed by atoms with Crippen LogP contribution in [-0.4, -0.2) is 9.38 Å². The predicted octanol–water partition coefficient (Wildman–Crippen LogP) is 3.63. The summed E-state index contributed by atoms with van der Waals surface area (Å²) in [5.74, 6) is -0.245. The molecule has 3 heteroatoms. The van der Waals surface area contributed by atoms with Crippen LogP contribution in [0.4, 0.5) is 4.39 Å². The fraction of sp³-hybridized carbons (Fsp3) is 0.188. The van der Waals surface area contributed by atoms with E-state index in [1.54, 1.807) is 10.5 Å². The molecular formula is C16H13FN2. The molecule has 0 bridgehead atoms. The highest BCUT2D eigenvalue weighted by Gasteiger charge is 2.12. The van der Waals surface area contributed by atoms with Crippen molar-refractivity contribution in [2.24, 2.45) is 0 Å². The van der Waals surface area contributed by atoms with Crippen LogP contribution >= 0.6 is 0 Å². The Morgan fingerprint density at radius 2 is 1.89 bits per heavy atom. The van der Waals surface area contributed by atoms with Crippen molar-refractivity contribution in [2.45, 2.75) is 19.3 Å². The Kier molecular flexibility index (Phi) is 2.21. The average molecular weight is 252 g/mol. The molecule has 0 spiro atoms. The van der Waals surface area contributed by atoms with Crippen LogP contribution in [0.25, 0.3) is 16.9 Å². The van der Waals surface area contributed by atoms with Gasteiger partial charge in [0.2, 0.25) is 0 Å². The van der Waals surface area contributed by atoms with Crippen molar-refractivity contribution in [1.82, 2.24) is 9.38 Å². The first-order valence-electron chi connectivity index (χ1n) is 6.56. The summed E-state index contributed by atoms with van der Waals surface area (Å²) >= 11 is 0. The van der Waals surface area contributed by atoms with E-state index in [9.17, 15) is 4.39 Å². The minimum absolute atomic E-state index is 0.245. The molecule has 1 aliphatic carbocycles. The summed E-state index contributed by atoms with van der Waals surface area (Å²) in [5.41, 5.74) is 5.68. The molecule has 2 heterocycles. The highest BCUT2D eigenvalue weighted by molar-refractivity contribution is 5.64. The molecule has 0 N–H and O–H groups in total. The van der Waals surface area contributed by atoms with Gasteiger partial charge in [-0.05, 0) is 48.6 Å². The lowest BCUT2D eigenvalue weighted by Gasteiger charge is -2.01. The Labute approximate surface area is 110 Å². The lowest BCUT2D eigenvalue weighted by molar-refractivity contribution is 0.619. The maximum Gasteiger partial charge on any atom is 0.139 e. The Morgan fingerprint density at radius 1 is 1.00 bits per heavy atom. The standard InChI is InChI=1S/C16H13FN2/c17-14-6-7-16-18-15(10-19(16)9-14)13-5-4-11-2-1-3-12(11)8-13/h4-10H,1-3H2. The quantitative estimate of drug-likeness (QED) is 0.646. The van der Waals surface area contributed by atoms with Crippen molar-refractivity contribution in [1.29, 1.82) is 0 Å². The Morgan fingerprint density at radius 3 is 2.84 bits per heavy atom. The van der Waals surface area contributed by atoms with Crippen molar-refractivity contribution < 1.29 is 4.39 Å². The smallest absolute Gasteiger partial charge is 0.139 e. The highest BCUT2D eigenvalue weighted by atomic mass is 19.1. The molecule has 0 unspecified atom stereocenters. The minimum atomic E-state index is -0.245. The Hall–Kier alpha value is -2.16. The molecule has 0 saturated carbocycles. The molecule has 2 nitrogen and oxygen atoms in total. The number of halogens is 1. The summed E-state index contributed by atoms with van der Waals surface area (Å²) in [6.45, 7) is 0. The molecule has 0 aliphatic heterocycles. The van der Waals surface area contributed by atoms with Crippen molar-refractivity contribution in [3.8, 4) is 11.3 Å².